The highest BCUT2D eigenvalue weighted by Crippen LogP contribution is 2.31. The number of rotatable bonds is 4. The molecule has 0 bridgehead atoms. The van der Waals surface area contributed by atoms with Gasteiger partial charge in [0, 0.05) is 11.1 Å². The Hall–Kier alpha value is -2.37. The standard InChI is InChI=1S/C23H23F3N2/c24-23(25,26)22-8-4-3-7-21(22)17-28-13-11-27(12-14-28)16-18-9-10-19-5-1-2-6-20(19)15-18/h1-10,15H,11-14,16-17H2/p+2. The Kier molecular flexibility index (Phi) is 5.38. The number of halogens is 3. The molecular formula is C23H25F3N2+2. The predicted octanol–water partition coefficient (Wildman–Crippen LogP) is 2.34. The van der Waals surface area contributed by atoms with Crippen molar-refractivity contribution in [1.82, 2.24) is 0 Å². The minimum Gasteiger partial charge on any atom is -0.322 e. The summed E-state index contributed by atoms with van der Waals surface area (Å²) in [6.07, 6.45) is -4.28. The van der Waals surface area contributed by atoms with Gasteiger partial charge < -0.3 is 9.80 Å². The fourth-order valence-electron chi connectivity index (χ4n) is 4.17. The quantitative estimate of drug-likeness (QED) is 0.681. The van der Waals surface area contributed by atoms with Crippen LogP contribution in [0.1, 0.15) is 16.7 Å². The topological polar surface area (TPSA) is 8.88 Å². The molecule has 1 fully saturated rings. The molecule has 0 aromatic heterocycles. The Morgan fingerprint density at radius 1 is 0.679 bits per heavy atom. The average molecular weight is 386 g/mol. The minimum atomic E-state index is -4.28. The van der Waals surface area contributed by atoms with E-state index in [0.29, 0.717) is 12.1 Å². The van der Waals surface area contributed by atoms with Gasteiger partial charge in [0.05, 0.1) is 5.56 Å². The molecule has 1 saturated heterocycles. The van der Waals surface area contributed by atoms with E-state index in [1.54, 1.807) is 12.1 Å². The number of hydrogen-bond acceptors (Lipinski definition) is 0. The lowest BCUT2D eigenvalue weighted by Gasteiger charge is -2.30. The van der Waals surface area contributed by atoms with Crippen molar-refractivity contribution in [2.75, 3.05) is 26.2 Å². The van der Waals surface area contributed by atoms with E-state index >= 15 is 0 Å². The van der Waals surface area contributed by atoms with Crippen molar-refractivity contribution in [3.8, 4) is 0 Å². The maximum absolute atomic E-state index is 13.2. The smallest absolute Gasteiger partial charge is 0.322 e. The van der Waals surface area contributed by atoms with Crippen LogP contribution in [-0.2, 0) is 19.3 Å². The number of benzene rings is 3. The van der Waals surface area contributed by atoms with Crippen LogP contribution < -0.4 is 9.80 Å². The van der Waals surface area contributed by atoms with Crippen molar-refractivity contribution >= 4 is 10.8 Å². The third-order valence-corrected chi connectivity index (χ3v) is 5.70. The summed E-state index contributed by atoms with van der Waals surface area (Å²) in [5.41, 5.74) is 1.23. The monoisotopic (exact) mass is 386 g/mol. The van der Waals surface area contributed by atoms with E-state index in [1.165, 1.54) is 38.3 Å². The summed E-state index contributed by atoms with van der Waals surface area (Å²) in [4.78, 5) is 2.74. The molecule has 0 atom stereocenters. The Morgan fingerprint density at radius 3 is 2.00 bits per heavy atom. The summed E-state index contributed by atoms with van der Waals surface area (Å²) in [6, 6.07) is 20.9. The molecular weight excluding hydrogens is 361 g/mol. The van der Waals surface area contributed by atoms with Gasteiger partial charge in [0.25, 0.3) is 0 Å². The minimum absolute atomic E-state index is 0.406. The van der Waals surface area contributed by atoms with Gasteiger partial charge in [-0.2, -0.15) is 13.2 Å². The van der Waals surface area contributed by atoms with E-state index in [0.717, 1.165) is 32.7 Å². The van der Waals surface area contributed by atoms with Crippen molar-refractivity contribution < 1.29 is 23.0 Å². The number of fused-ring (bicyclic) bond motifs is 1. The molecule has 4 rings (SSSR count). The molecule has 0 aliphatic carbocycles. The van der Waals surface area contributed by atoms with Crippen LogP contribution in [0.25, 0.3) is 10.8 Å². The van der Waals surface area contributed by atoms with E-state index in [9.17, 15) is 13.2 Å². The summed E-state index contributed by atoms with van der Waals surface area (Å²) in [6.45, 7) is 5.17. The average Bonchev–Trinajstić information content (AvgIpc) is 2.69. The van der Waals surface area contributed by atoms with Crippen LogP contribution >= 0.6 is 0 Å². The van der Waals surface area contributed by atoms with Gasteiger partial charge in [-0.3, -0.25) is 0 Å². The fraction of sp³-hybridized carbons (Fsp3) is 0.304. The second-order valence-corrected chi connectivity index (χ2v) is 7.69. The fourth-order valence-corrected chi connectivity index (χ4v) is 4.17. The number of hydrogen-bond donors (Lipinski definition) is 2. The number of alkyl halides is 3. The summed E-state index contributed by atoms with van der Waals surface area (Å²) < 4.78 is 39.6. The second kappa shape index (κ2) is 7.94. The van der Waals surface area contributed by atoms with Crippen molar-refractivity contribution in [3.63, 3.8) is 0 Å². The van der Waals surface area contributed by atoms with Gasteiger partial charge in [-0.05, 0) is 22.9 Å². The molecule has 3 aromatic carbocycles. The molecule has 3 aromatic rings. The highest BCUT2D eigenvalue weighted by molar-refractivity contribution is 5.82. The Labute approximate surface area is 163 Å². The molecule has 28 heavy (non-hydrogen) atoms. The first-order valence-corrected chi connectivity index (χ1v) is 9.79. The zero-order valence-electron chi connectivity index (χ0n) is 15.7. The van der Waals surface area contributed by atoms with Gasteiger partial charge in [-0.1, -0.05) is 54.6 Å². The molecule has 2 N–H and O–H groups in total. The molecule has 1 aliphatic heterocycles. The molecule has 5 heteroatoms. The molecule has 0 unspecified atom stereocenters. The molecule has 0 radical (unpaired) electrons. The van der Waals surface area contributed by atoms with Crippen molar-refractivity contribution in [1.29, 1.82) is 0 Å². The highest BCUT2D eigenvalue weighted by atomic mass is 19.4. The van der Waals surface area contributed by atoms with E-state index in [-0.39, 0.29) is 0 Å². The molecule has 146 valence electrons. The third kappa shape index (κ3) is 4.37. The van der Waals surface area contributed by atoms with E-state index in [2.05, 4.69) is 36.4 Å². The van der Waals surface area contributed by atoms with Crippen LogP contribution in [0.4, 0.5) is 13.2 Å². The van der Waals surface area contributed by atoms with Crippen LogP contribution in [0, 0.1) is 0 Å². The van der Waals surface area contributed by atoms with Crippen LogP contribution in [0.15, 0.2) is 66.7 Å². The summed E-state index contributed by atoms with van der Waals surface area (Å²) in [7, 11) is 0. The van der Waals surface area contributed by atoms with Crippen LogP contribution in [0.2, 0.25) is 0 Å². The molecule has 2 nitrogen and oxygen atoms in total. The summed E-state index contributed by atoms with van der Waals surface area (Å²) >= 11 is 0. The van der Waals surface area contributed by atoms with E-state index in [4.69, 9.17) is 0 Å². The molecule has 0 amide bonds. The Morgan fingerprint density at radius 2 is 1.29 bits per heavy atom. The SMILES string of the molecule is FC(F)(F)c1ccccc1C[NH+]1CC[NH+](Cc2ccc3ccccc3c2)CC1. The lowest BCUT2D eigenvalue weighted by Crippen LogP contribution is -3.27. The first kappa shape index (κ1) is 19.0. The van der Waals surface area contributed by atoms with Crippen LogP contribution in [-0.4, -0.2) is 26.2 Å². The largest absolute Gasteiger partial charge is 0.416 e. The summed E-state index contributed by atoms with van der Waals surface area (Å²) in [5, 5.41) is 2.51. The highest BCUT2D eigenvalue weighted by Gasteiger charge is 2.34. The summed E-state index contributed by atoms with van der Waals surface area (Å²) in [5.74, 6) is 0. The van der Waals surface area contributed by atoms with Crippen molar-refractivity contribution in [3.05, 3.63) is 83.4 Å². The second-order valence-electron chi connectivity index (χ2n) is 7.69. The van der Waals surface area contributed by atoms with Crippen molar-refractivity contribution in [2.24, 2.45) is 0 Å². The Balaban J connectivity index is 1.36. The van der Waals surface area contributed by atoms with Gasteiger partial charge in [0.1, 0.15) is 39.3 Å². The van der Waals surface area contributed by atoms with Gasteiger partial charge >= 0.3 is 6.18 Å². The zero-order chi connectivity index (χ0) is 19.6. The first-order valence-electron chi connectivity index (χ1n) is 9.79. The van der Waals surface area contributed by atoms with Gasteiger partial charge in [-0.15, -0.1) is 0 Å². The normalized spacial score (nSPS) is 20.4. The Bertz CT molecular complexity index is 944. The number of quaternary nitrogens is 2. The van der Waals surface area contributed by atoms with Crippen molar-refractivity contribution in [2.45, 2.75) is 19.3 Å². The number of nitrogens with one attached hydrogen (secondary N) is 2. The van der Waals surface area contributed by atoms with E-state index < -0.39 is 11.7 Å². The zero-order valence-corrected chi connectivity index (χ0v) is 15.7. The van der Waals surface area contributed by atoms with E-state index in [1.807, 2.05) is 6.07 Å². The maximum Gasteiger partial charge on any atom is 0.416 e. The lowest BCUT2D eigenvalue weighted by molar-refractivity contribution is -1.02. The first-order chi connectivity index (χ1) is 13.5. The number of piperazine rings is 1. The molecule has 1 heterocycles. The maximum atomic E-state index is 13.2. The van der Waals surface area contributed by atoms with Gasteiger partial charge in [0.2, 0.25) is 0 Å². The van der Waals surface area contributed by atoms with Gasteiger partial charge in [0.15, 0.2) is 0 Å². The van der Waals surface area contributed by atoms with Gasteiger partial charge in [-0.25, -0.2) is 0 Å². The third-order valence-electron chi connectivity index (χ3n) is 5.70. The predicted molar refractivity (Wildman–Crippen MR) is 104 cm³/mol. The molecule has 0 spiro atoms. The molecule has 0 saturated carbocycles. The lowest BCUT2D eigenvalue weighted by atomic mass is 10.1. The van der Waals surface area contributed by atoms with Crippen LogP contribution in [0.3, 0.4) is 0 Å². The molecule has 1 aliphatic rings. The van der Waals surface area contributed by atoms with Crippen LogP contribution in [0.5, 0.6) is 0 Å².